The zero-order valence-electron chi connectivity index (χ0n) is 14.1. The van der Waals surface area contributed by atoms with E-state index in [1.54, 1.807) is 12.1 Å². The van der Waals surface area contributed by atoms with E-state index in [1.165, 1.54) is 24.1 Å². The van der Waals surface area contributed by atoms with E-state index in [-0.39, 0.29) is 11.7 Å². The first-order valence-electron chi connectivity index (χ1n) is 8.82. The average Bonchev–Trinajstić information content (AvgIpc) is 3.11. The van der Waals surface area contributed by atoms with Crippen molar-refractivity contribution in [2.45, 2.75) is 25.7 Å². The molecule has 0 radical (unpaired) electrons. The third kappa shape index (κ3) is 3.48. The molecule has 0 atom stereocenters. The Morgan fingerprint density at radius 3 is 2.56 bits per heavy atom. The van der Waals surface area contributed by atoms with Crippen molar-refractivity contribution in [3.63, 3.8) is 0 Å². The van der Waals surface area contributed by atoms with Crippen LogP contribution in [0.4, 0.5) is 10.2 Å². The molecule has 0 bridgehead atoms. The molecule has 0 N–H and O–H groups in total. The Morgan fingerprint density at radius 2 is 1.80 bits per heavy atom. The SMILES string of the molecule is O=C(Cc1ccc(F)cc1)N1CCN(c2cc3c(nn2)CCC3)CC1. The van der Waals surface area contributed by atoms with Gasteiger partial charge in [0.05, 0.1) is 12.1 Å². The van der Waals surface area contributed by atoms with Gasteiger partial charge in [0.25, 0.3) is 0 Å². The lowest BCUT2D eigenvalue weighted by Gasteiger charge is -2.35. The van der Waals surface area contributed by atoms with Gasteiger partial charge in [-0.3, -0.25) is 4.79 Å². The number of rotatable bonds is 3. The minimum atomic E-state index is -0.278. The molecular formula is C19H21FN4O. The Kier molecular flexibility index (Phi) is 4.34. The lowest BCUT2D eigenvalue weighted by Crippen LogP contribution is -2.49. The number of amides is 1. The van der Waals surface area contributed by atoms with E-state index in [1.807, 2.05) is 4.90 Å². The van der Waals surface area contributed by atoms with Crippen LogP contribution in [0.3, 0.4) is 0 Å². The van der Waals surface area contributed by atoms with Gasteiger partial charge in [-0.15, -0.1) is 5.10 Å². The first kappa shape index (κ1) is 16.0. The molecule has 130 valence electrons. The van der Waals surface area contributed by atoms with Crippen molar-refractivity contribution in [1.29, 1.82) is 0 Å². The van der Waals surface area contributed by atoms with Gasteiger partial charge in [0, 0.05) is 26.2 Å². The normalized spacial score (nSPS) is 16.8. The van der Waals surface area contributed by atoms with Crippen molar-refractivity contribution in [3.05, 3.63) is 53.0 Å². The van der Waals surface area contributed by atoms with E-state index < -0.39 is 0 Å². The number of fused-ring (bicyclic) bond motifs is 1. The summed E-state index contributed by atoms with van der Waals surface area (Å²) in [5.74, 6) is 0.734. The molecule has 1 aromatic carbocycles. The average molecular weight is 340 g/mol. The standard InChI is InChI=1S/C19H21FN4O/c20-16-6-4-14(5-7-16)12-19(25)24-10-8-23(9-11-24)18-13-15-2-1-3-17(15)21-22-18/h4-7,13H,1-3,8-12H2. The van der Waals surface area contributed by atoms with Gasteiger partial charge in [0.1, 0.15) is 5.82 Å². The van der Waals surface area contributed by atoms with Crippen molar-refractivity contribution in [1.82, 2.24) is 15.1 Å². The number of carbonyl (C=O) groups is 1. The molecule has 1 aliphatic carbocycles. The highest BCUT2D eigenvalue weighted by Gasteiger charge is 2.23. The summed E-state index contributed by atoms with van der Waals surface area (Å²) in [4.78, 5) is 16.5. The molecule has 1 amide bonds. The minimum Gasteiger partial charge on any atom is -0.352 e. The van der Waals surface area contributed by atoms with E-state index in [9.17, 15) is 9.18 Å². The molecule has 4 rings (SSSR count). The van der Waals surface area contributed by atoms with Gasteiger partial charge < -0.3 is 9.80 Å². The van der Waals surface area contributed by atoms with Crippen molar-refractivity contribution in [3.8, 4) is 0 Å². The molecule has 1 fully saturated rings. The van der Waals surface area contributed by atoms with Crippen molar-refractivity contribution in [2.24, 2.45) is 0 Å². The highest BCUT2D eigenvalue weighted by atomic mass is 19.1. The monoisotopic (exact) mass is 340 g/mol. The quantitative estimate of drug-likeness (QED) is 0.857. The Hall–Kier alpha value is -2.50. The predicted octanol–water partition coefficient (Wildman–Crippen LogP) is 2.00. The Labute approximate surface area is 146 Å². The predicted molar refractivity (Wildman–Crippen MR) is 93.0 cm³/mol. The molecule has 2 aliphatic rings. The molecule has 0 unspecified atom stereocenters. The largest absolute Gasteiger partial charge is 0.352 e. The first-order valence-corrected chi connectivity index (χ1v) is 8.82. The molecule has 1 aromatic heterocycles. The lowest BCUT2D eigenvalue weighted by molar-refractivity contribution is -0.130. The van der Waals surface area contributed by atoms with Crippen LogP contribution in [-0.2, 0) is 24.1 Å². The summed E-state index contributed by atoms with van der Waals surface area (Å²) in [5, 5.41) is 8.71. The fraction of sp³-hybridized carbons (Fsp3) is 0.421. The van der Waals surface area contributed by atoms with Crippen LogP contribution in [0.2, 0.25) is 0 Å². The zero-order valence-corrected chi connectivity index (χ0v) is 14.1. The van der Waals surface area contributed by atoms with Crippen molar-refractivity contribution in [2.75, 3.05) is 31.1 Å². The number of nitrogens with zero attached hydrogens (tertiary/aromatic N) is 4. The summed E-state index contributed by atoms with van der Waals surface area (Å²) in [7, 11) is 0. The number of anilines is 1. The van der Waals surface area contributed by atoms with Gasteiger partial charge in [0.15, 0.2) is 5.82 Å². The van der Waals surface area contributed by atoms with Gasteiger partial charge >= 0.3 is 0 Å². The van der Waals surface area contributed by atoms with Crippen LogP contribution in [0.15, 0.2) is 30.3 Å². The van der Waals surface area contributed by atoms with Crippen LogP contribution >= 0.6 is 0 Å². The second-order valence-electron chi connectivity index (χ2n) is 6.70. The number of piperazine rings is 1. The summed E-state index contributed by atoms with van der Waals surface area (Å²) < 4.78 is 13.0. The molecule has 2 heterocycles. The molecule has 5 nitrogen and oxygen atoms in total. The number of benzene rings is 1. The van der Waals surface area contributed by atoms with Crippen LogP contribution in [-0.4, -0.2) is 47.2 Å². The summed E-state index contributed by atoms with van der Waals surface area (Å²) in [6, 6.07) is 8.29. The molecule has 0 saturated carbocycles. The minimum absolute atomic E-state index is 0.0892. The Balaban J connectivity index is 1.34. The third-order valence-electron chi connectivity index (χ3n) is 5.03. The van der Waals surface area contributed by atoms with Crippen molar-refractivity contribution < 1.29 is 9.18 Å². The summed E-state index contributed by atoms with van der Waals surface area (Å²) in [6.45, 7) is 2.89. The zero-order chi connectivity index (χ0) is 17.2. The van der Waals surface area contributed by atoms with E-state index in [2.05, 4.69) is 21.2 Å². The Morgan fingerprint density at radius 1 is 1.04 bits per heavy atom. The second kappa shape index (κ2) is 6.78. The summed E-state index contributed by atoms with van der Waals surface area (Å²) in [5.41, 5.74) is 3.30. The maximum atomic E-state index is 13.0. The second-order valence-corrected chi connectivity index (χ2v) is 6.70. The highest BCUT2D eigenvalue weighted by Crippen LogP contribution is 2.23. The molecular weight excluding hydrogens is 319 g/mol. The third-order valence-corrected chi connectivity index (χ3v) is 5.03. The number of carbonyl (C=O) groups excluding carboxylic acids is 1. The molecule has 25 heavy (non-hydrogen) atoms. The van der Waals surface area contributed by atoms with Gasteiger partial charge in [-0.25, -0.2) is 4.39 Å². The molecule has 1 saturated heterocycles. The van der Waals surface area contributed by atoms with Gasteiger partial charge in [-0.1, -0.05) is 12.1 Å². The lowest BCUT2D eigenvalue weighted by atomic mass is 10.1. The molecule has 1 aliphatic heterocycles. The van der Waals surface area contributed by atoms with E-state index in [4.69, 9.17) is 0 Å². The number of halogens is 1. The topological polar surface area (TPSA) is 49.3 Å². The number of aryl methyl sites for hydroxylation is 2. The Bertz CT molecular complexity index is 769. The molecule has 0 spiro atoms. The van der Waals surface area contributed by atoms with Gasteiger partial charge in [-0.05, 0) is 48.6 Å². The summed E-state index contributed by atoms with van der Waals surface area (Å²) >= 11 is 0. The van der Waals surface area contributed by atoms with Gasteiger partial charge in [-0.2, -0.15) is 5.10 Å². The van der Waals surface area contributed by atoms with Crippen LogP contribution in [0, 0.1) is 5.82 Å². The first-order chi connectivity index (χ1) is 12.2. The van der Waals surface area contributed by atoms with E-state index in [0.717, 1.165) is 43.0 Å². The fourth-order valence-corrected chi connectivity index (χ4v) is 3.55. The maximum absolute atomic E-state index is 13.0. The van der Waals surface area contributed by atoms with Crippen molar-refractivity contribution >= 4 is 11.7 Å². The van der Waals surface area contributed by atoms with Gasteiger partial charge in [0.2, 0.25) is 5.91 Å². The van der Waals surface area contributed by atoms with Crippen LogP contribution in [0.1, 0.15) is 23.2 Å². The van der Waals surface area contributed by atoms with E-state index in [0.29, 0.717) is 19.5 Å². The van der Waals surface area contributed by atoms with E-state index >= 15 is 0 Å². The van der Waals surface area contributed by atoms with Crippen LogP contribution in [0.25, 0.3) is 0 Å². The number of hydrogen-bond donors (Lipinski definition) is 0. The van der Waals surface area contributed by atoms with Crippen LogP contribution in [0.5, 0.6) is 0 Å². The summed E-state index contributed by atoms with van der Waals surface area (Å²) in [6.07, 6.45) is 3.61. The molecule has 6 heteroatoms. The van der Waals surface area contributed by atoms with Crippen LogP contribution < -0.4 is 4.90 Å². The molecule has 2 aromatic rings. The fourth-order valence-electron chi connectivity index (χ4n) is 3.55. The maximum Gasteiger partial charge on any atom is 0.227 e. The highest BCUT2D eigenvalue weighted by molar-refractivity contribution is 5.79. The number of aromatic nitrogens is 2. The number of hydrogen-bond acceptors (Lipinski definition) is 4. The smallest absolute Gasteiger partial charge is 0.227 e.